The van der Waals surface area contributed by atoms with Gasteiger partial charge in [0.25, 0.3) is 0 Å². The van der Waals surface area contributed by atoms with Crippen LogP contribution in [-0.4, -0.2) is 11.7 Å². The summed E-state index contributed by atoms with van der Waals surface area (Å²) in [6.07, 6.45) is 0.426. The molecule has 0 aliphatic rings. The van der Waals surface area contributed by atoms with E-state index in [1.165, 1.54) is 0 Å². The van der Waals surface area contributed by atoms with E-state index in [0.717, 1.165) is 15.6 Å². The molecule has 2 aromatic carbocycles. The minimum atomic E-state index is -0.110. The van der Waals surface area contributed by atoms with Gasteiger partial charge in [0.2, 0.25) is 5.91 Å². The van der Waals surface area contributed by atoms with Crippen molar-refractivity contribution >= 4 is 27.6 Å². The Hall–Kier alpha value is -1.94. The molecule has 0 bridgehead atoms. The second-order valence-corrected chi connectivity index (χ2v) is 6.55. The van der Waals surface area contributed by atoms with Crippen molar-refractivity contribution in [2.75, 3.05) is 0 Å². The zero-order valence-corrected chi connectivity index (χ0v) is 14.9. The number of ketones is 1. The SMILES string of the molecule is Cc1ccc(C(=O)CCC(=O)NC(C)c2ccc(Br)cc2)cc1. The molecule has 2 rings (SSSR count). The highest BCUT2D eigenvalue weighted by Crippen LogP contribution is 2.17. The summed E-state index contributed by atoms with van der Waals surface area (Å²) in [5, 5.41) is 2.93. The van der Waals surface area contributed by atoms with Crippen molar-refractivity contribution < 1.29 is 9.59 Å². The molecule has 1 unspecified atom stereocenters. The van der Waals surface area contributed by atoms with Crippen LogP contribution in [0.1, 0.15) is 47.3 Å². The second kappa shape index (κ2) is 8.06. The first-order valence-corrected chi connectivity index (χ1v) is 8.39. The van der Waals surface area contributed by atoms with Gasteiger partial charge in [0.05, 0.1) is 6.04 Å². The molecule has 0 aliphatic heterocycles. The Labute approximate surface area is 145 Å². The number of rotatable bonds is 6. The number of carbonyl (C=O) groups is 2. The van der Waals surface area contributed by atoms with Crippen LogP contribution >= 0.6 is 15.9 Å². The molecule has 120 valence electrons. The molecular weight excluding hydrogens is 354 g/mol. The maximum atomic E-state index is 12.1. The first kappa shape index (κ1) is 17.4. The Morgan fingerprint density at radius 1 is 1.00 bits per heavy atom. The van der Waals surface area contributed by atoms with E-state index in [1.807, 2.05) is 50.2 Å². The highest BCUT2D eigenvalue weighted by Gasteiger charge is 2.12. The number of nitrogens with one attached hydrogen (secondary N) is 1. The summed E-state index contributed by atoms with van der Waals surface area (Å²) in [4.78, 5) is 24.1. The summed E-state index contributed by atoms with van der Waals surface area (Å²) < 4.78 is 1.00. The molecule has 0 radical (unpaired) electrons. The molecule has 2 aromatic rings. The Kier molecular flexibility index (Phi) is 6.11. The lowest BCUT2D eigenvalue weighted by Crippen LogP contribution is -2.26. The van der Waals surface area contributed by atoms with Gasteiger partial charge < -0.3 is 5.32 Å². The zero-order valence-electron chi connectivity index (χ0n) is 13.3. The molecule has 1 atom stereocenters. The molecule has 0 spiro atoms. The van der Waals surface area contributed by atoms with Gasteiger partial charge in [0.15, 0.2) is 5.78 Å². The summed E-state index contributed by atoms with van der Waals surface area (Å²) in [5.74, 6) is -0.114. The number of benzene rings is 2. The van der Waals surface area contributed by atoms with Crippen LogP contribution in [0.5, 0.6) is 0 Å². The maximum absolute atomic E-state index is 12.1. The van der Waals surface area contributed by atoms with Crippen LogP contribution in [0.2, 0.25) is 0 Å². The van der Waals surface area contributed by atoms with Gasteiger partial charge in [-0.3, -0.25) is 9.59 Å². The van der Waals surface area contributed by atoms with Crippen LogP contribution in [0.15, 0.2) is 53.0 Å². The topological polar surface area (TPSA) is 46.2 Å². The van der Waals surface area contributed by atoms with Crippen molar-refractivity contribution in [1.82, 2.24) is 5.32 Å². The highest BCUT2D eigenvalue weighted by molar-refractivity contribution is 9.10. The van der Waals surface area contributed by atoms with Crippen molar-refractivity contribution in [3.05, 3.63) is 69.7 Å². The fourth-order valence-corrected chi connectivity index (χ4v) is 2.52. The lowest BCUT2D eigenvalue weighted by Gasteiger charge is -2.14. The van der Waals surface area contributed by atoms with Crippen molar-refractivity contribution in [3.63, 3.8) is 0 Å². The number of halogens is 1. The Balaban J connectivity index is 1.83. The van der Waals surface area contributed by atoms with E-state index < -0.39 is 0 Å². The number of hydrogen-bond acceptors (Lipinski definition) is 2. The van der Waals surface area contributed by atoms with Crippen molar-refractivity contribution in [3.8, 4) is 0 Å². The Morgan fingerprint density at radius 3 is 2.22 bits per heavy atom. The molecule has 3 nitrogen and oxygen atoms in total. The quantitative estimate of drug-likeness (QED) is 0.752. The molecule has 1 amide bonds. The van der Waals surface area contributed by atoms with Crippen LogP contribution in [0.3, 0.4) is 0 Å². The lowest BCUT2D eigenvalue weighted by atomic mass is 10.0. The van der Waals surface area contributed by atoms with Gasteiger partial charge in [-0.25, -0.2) is 0 Å². The van der Waals surface area contributed by atoms with Gasteiger partial charge in [-0.05, 0) is 31.5 Å². The van der Waals surface area contributed by atoms with Crippen molar-refractivity contribution in [2.45, 2.75) is 32.7 Å². The molecule has 0 heterocycles. The fourth-order valence-electron chi connectivity index (χ4n) is 2.26. The van der Waals surface area contributed by atoms with Crippen LogP contribution in [0.4, 0.5) is 0 Å². The normalized spacial score (nSPS) is 11.8. The largest absolute Gasteiger partial charge is 0.350 e. The van der Waals surface area contributed by atoms with Crippen LogP contribution < -0.4 is 5.32 Å². The van der Waals surface area contributed by atoms with Crippen molar-refractivity contribution in [1.29, 1.82) is 0 Å². The third kappa shape index (κ3) is 5.32. The molecular formula is C19H20BrNO2. The van der Waals surface area contributed by atoms with Crippen LogP contribution in [0, 0.1) is 6.92 Å². The predicted molar refractivity (Wildman–Crippen MR) is 95.4 cm³/mol. The Morgan fingerprint density at radius 2 is 1.61 bits per heavy atom. The first-order valence-electron chi connectivity index (χ1n) is 7.60. The molecule has 0 fully saturated rings. The van der Waals surface area contributed by atoms with Crippen LogP contribution in [0.25, 0.3) is 0 Å². The molecule has 0 saturated carbocycles. The summed E-state index contributed by atoms with van der Waals surface area (Å²) >= 11 is 3.39. The van der Waals surface area contributed by atoms with E-state index in [0.29, 0.717) is 5.56 Å². The van der Waals surface area contributed by atoms with Gasteiger partial charge in [-0.15, -0.1) is 0 Å². The van der Waals surface area contributed by atoms with Gasteiger partial charge in [-0.1, -0.05) is 57.9 Å². The first-order chi connectivity index (χ1) is 11.0. The predicted octanol–water partition coefficient (Wildman–Crippen LogP) is 4.60. The van der Waals surface area contributed by atoms with E-state index in [4.69, 9.17) is 0 Å². The van der Waals surface area contributed by atoms with Crippen LogP contribution in [-0.2, 0) is 4.79 Å². The van der Waals surface area contributed by atoms with Gasteiger partial charge in [-0.2, -0.15) is 0 Å². The summed E-state index contributed by atoms with van der Waals surface area (Å²) in [6.45, 7) is 3.91. The Bertz CT molecular complexity index is 678. The monoisotopic (exact) mass is 373 g/mol. The molecule has 23 heavy (non-hydrogen) atoms. The van der Waals surface area contributed by atoms with Gasteiger partial charge >= 0.3 is 0 Å². The molecule has 0 aromatic heterocycles. The third-order valence-electron chi connectivity index (χ3n) is 3.70. The maximum Gasteiger partial charge on any atom is 0.220 e. The molecule has 0 aliphatic carbocycles. The van der Waals surface area contributed by atoms with E-state index in [9.17, 15) is 9.59 Å². The number of hydrogen-bond donors (Lipinski definition) is 1. The van der Waals surface area contributed by atoms with E-state index in [-0.39, 0.29) is 30.6 Å². The molecule has 0 saturated heterocycles. The standard InChI is InChI=1S/C19H20BrNO2/c1-13-3-5-16(6-4-13)18(22)11-12-19(23)21-14(2)15-7-9-17(20)10-8-15/h3-10,14H,11-12H2,1-2H3,(H,21,23). The highest BCUT2D eigenvalue weighted by atomic mass is 79.9. The fraction of sp³-hybridized carbons (Fsp3) is 0.263. The van der Waals surface area contributed by atoms with E-state index >= 15 is 0 Å². The summed E-state index contributed by atoms with van der Waals surface area (Å²) in [5.41, 5.74) is 2.80. The molecule has 1 N–H and O–H groups in total. The second-order valence-electron chi connectivity index (χ2n) is 5.63. The third-order valence-corrected chi connectivity index (χ3v) is 4.23. The minimum absolute atomic E-state index is 0.00329. The number of carbonyl (C=O) groups excluding carboxylic acids is 2. The molecule has 4 heteroatoms. The smallest absolute Gasteiger partial charge is 0.220 e. The van der Waals surface area contributed by atoms with Gasteiger partial charge in [0, 0.05) is 22.9 Å². The summed E-state index contributed by atoms with van der Waals surface area (Å²) in [6, 6.07) is 15.2. The average molecular weight is 374 g/mol. The number of aryl methyl sites for hydroxylation is 1. The zero-order chi connectivity index (χ0) is 16.8. The number of amides is 1. The summed E-state index contributed by atoms with van der Waals surface area (Å²) in [7, 11) is 0. The minimum Gasteiger partial charge on any atom is -0.350 e. The van der Waals surface area contributed by atoms with E-state index in [2.05, 4.69) is 21.2 Å². The lowest BCUT2D eigenvalue weighted by molar-refractivity contribution is -0.121. The number of Topliss-reactive ketones (excluding diaryl/α,β-unsaturated/α-hetero) is 1. The van der Waals surface area contributed by atoms with Gasteiger partial charge in [0.1, 0.15) is 0 Å². The van der Waals surface area contributed by atoms with Crippen molar-refractivity contribution in [2.24, 2.45) is 0 Å². The average Bonchev–Trinajstić information content (AvgIpc) is 2.54. The van der Waals surface area contributed by atoms with E-state index in [1.54, 1.807) is 12.1 Å².